The quantitative estimate of drug-likeness (QED) is 0.160. The van der Waals surface area contributed by atoms with E-state index < -0.39 is 58.7 Å². The van der Waals surface area contributed by atoms with Crippen molar-refractivity contribution in [2.75, 3.05) is 26.3 Å². The van der Waals surface area contributed by atoms with Crippen LogP contribution in [0.5, 0.6) is 0 Å². The van der Waals surface area contributed by atoms with Gasteiger partial charge in [-0.1, -0.05) is 40.7 Å². The second kappa shape index (κ2) is 14.0. The van der Waals surface area contributed by atoms with Crippen molar-refractivity contribution >= 4 is 29.6 Å². The standard InChI is InChI=1S/C31H52N4O7/c1-11-13-15-20(23(36)26(38)32-16-14-17-41-12-2)33-25(37)22-21-19(31(21,9)10)18-35(22)27(39)24(29(3,4)5)34-28(40)42-30(6,7)8/h11,19-22,24H,1,12-18H2,2-10H3,(H,32,38)(H,33,37)(H,34,40)/t19?,20?,21?,22?,24-/m1/s1. The van der Waals surface area contributed by atoms with Gasteiger partial charge in [-0.25, -0.2) is 4.79 Å². The molecule has 1 heterocycles. The molecule has 1 saturated heterocycles. The number of ketones is 1. The number of rotatable bonds is 14. The predicted octanol–water partition coefficient (Wildman–Crippen LogP) is 2.97. The van der Waals surface area contributed by atoms with Gasteiger partial charge in [-0.3, -0.25) is 19.2 Å². The van der Waals surface area contributed by atoms with Crippen molar-refractivity contribution in [1.82, 2.24) is 20.9 Å². The van der Waals surface area contributed by atoms with Gasteiger partial charge in [0.1, 0.15) is 17.7 Å². The van der Waals surface area contributed by atoms with E-state index in [2.05, 4.69) is 36.4 Å². The van der Waals surface area contributed by atoms with Crippen molar-refractivity contribution in [1.29, 1.82) is 0 Å². The molecule has 0 aromatic heterocycles. The Hall–Kier alpha value is -2.95. The molecule has 1 aliphatic carbocycles. The molecule has 0 spiro atoms. The first-order valence-electron chi connectivity index (χ1n) is 15.0. The molecule has 0 radical (unpaired) electrons. The lowest BCUT2D eigenvalue weighted by Gasteiger charge is -2.38. The van der Waals surface area contributed by atoms with E-state index in [1.165, 1.54) is 4.90 Å². The molecule has 4 amide bonds. The first kappa shape index (κ1) is 35.2. The molecular weight excluding hydrogens is 540 g/mol. The molecule has 11 heteroatoms. The molecule has 3 N–H and O–H groups in total. The van der Waals surface area contributed by atoms with E-state index in [0.29, 0.717) is 32.6 Å². The van der Waals surface area contributed by atoms with Crippen LogP contribution in [0, 0.1) is 22.7 Å². The Bertz CT molecular complexity index is 1030. The minimum Gasteiger partial charge on any atom is -0.444 e. The number of amides is 4. The van der Waals surface area contributed by atoms with Crippen molar-refractivity contribution in [3.63, 3.8) is 0 Å². The summed E-state index contributed by atoms with van der Waals surface area (Å²) >= 11 is 0. The lowest BCUT2D eigenvalue weighted by atomic mass is 9.85. The topological polar surface area (TPSA) is 143 Å². The summed E-state index contributed by atoms with van der Waals surface area (Å²) in [6.45, 7) is 22.0. The Morgan fingerprint density at radius 3 is 2.26 bits per heavy atom. The largest absolute Gasteiger partial charge is 0.444 e. The fraction of sp³-hybridized carbons (Fsp3) is 0.774. The number of Topliss-reactive ketones (excluding diaryl/α,β-unsaturated/α-hetero) is 1. The van der Waals surface area contributed by atoms with Crippen LogP contribution in [-0.4, -0.2) is 84.5 Å². The summed E-state index contributed by atoms with van der Waals surface area (Å²) in [5.41, 5.74) is -1.60. The number of allylic oxidation sites excluding steroid dienone is 1. The van der Waals surface area contributed by atoms with Gasteiger partial charge in [0.15, 0.2) is 0 Å². The summed E-state index contributed by atoms with van der Waals surface area (Å²) in [5.74, 6) is -2.43. The van der Waals surface area contributed by atoms with Crippen LogP contribution in [0.25, 0.3) is 0 Å². The molecule has 11 nitrogen and oxygen atoms in total. The van der Waals surface area contributed by atoms with Crippen LogP contribution in [0.4, 0.5) is 4.79 Å². The number of hydrogen-bond acceptors (Lipinski definition) is 7. The maximum atomic E-state index is 14.0. The van der Waals surface area contributed by atoms with Gasteiger partial charge in [-0.2, -0.15) is 0 Å². The Morgan fingerprint density at radius 2 is 1.71 bits per heavy atom. The van der Waals surface area contributed by atoms with E-state index in [1.54, 1.807) is 26.8 Å². The highest BCUT2D eigenvalue weighted by Crippen LogP contribution is 2.65. The first-order chi connectivity index (χ1) is 19.4. The average molecular weight is 593 g/mol. The van der Waals surface area contributed by atoms with Gasteiger partial charge in [-0.05, 0) is 69.6 Å². The number of nitrogens with one attached hydrogen (secondary N) is 3. The molecule has 4 unspecified atom stereocenters. The number of piperidine rings is 1. The van der Waals surface area contributed by atoms with Crippen molar-refractivity contribution < 1.29 is 33.4 Å². The Kier molecular flexibility index (Phi) is 11.8. The fourth-order valence-electron chi connectivity index (χ4n) is 5.63. The molecule has 2 fully saturated rings. The second-order valence-corrected chi connectivity index (χ2v) is 13.9. The third-order valence-electron chi connectivity index (χ3n) is 8.01. The van der Waals surface area contributed by atoms with Gasteiger partial charge in [0, 0.05) is 26.3 Å². The molecule has 5 atom stereocenters. The predicted molar refractivity (Wildman–Crippen MR) is 159 cm³/mol. The normalized spacial score (nSPS) is 22.3. The van der Waals surface area contributed by atoms with Crippen molar-refractivity contribution in [3.8, 4) is 0 Å². The van der Waals surface area contributed by atoms with Crippen molar-refractivity contribution in [2.24, 2.45) is 22.7 Å². The van der Waals surface area contributed by atoms with E-state index in [9.17, 15) is 24.0 Å². The highest BCUT2D eigenvalue weighted by Gasteiger charge is 2.70. The highest BCUT2D eigenvalue weighted by atomic mass is 16.6. The monoisotopic (exact) mass is 592 g/mol. The molecule has 1 aliphatic heterocycles. The second-order valence-electron chi connectivity index (χ2n) is 13.9. The van der Waals surface area contributed by atoms with E-state index >= 15 is 0 Å². The van der Waals surface area contributed by atoms with E-state index in [4.69, 9.17) is 9.47 Å². The van der Waals surface area contributed by atoms with Crippen LogP contribution in [0.2, 0.25) is 0 Å². The van der Waals surface area contributed by atoms with Gasteiger partial charge in [0.25, 0.3) is 5.91 Å². The zero-order valence-electron chi connectivity index (χ0n) is 26.9. The molecule has 42 heavy (non-hydrogen) atoms. The molecule has 238 valence electrons. The number of hydrogen-bond donors (Lipinski definition) is 3. The fourth-order valence-corrected chi connectivity index (χ4v) is 5.63. The molecule has 2 aliphatic rings. The Balaban J connectivity index is 2.25. The number of alkyl carbamates (subject to hydrolysis) is 1. The molecule has 0 bridgehead atoms. The summed E-state index contributed by atoms with van der Waals surface area (Å²) in [5, 5.41) is 8.11. The molecule has 1 saturated carbocycles. The summed E-state index contributed by atoms with van der Waals surface area (Å²) in [4.78, 5) is 67.8. The van der Waals surface area contributed by atoms with Gasteiger partial charge >= 0.3 is 6.09 Å². The molecular formula is C31H52N4O7. The van der Waals surface area contributed by atoms with Gasteiger partial charge in [0.2, 0.25) is 17.6 Å². The summed E-state index contributed by atoms with van der Waals surface area (Å²) in [6.07, 6.45) is 2.06. The average Bonchev–Trinajstić information content (AvgIpc) is 3.20. The number of carbonyl (C=O) groups excluding carboxylic acids is 5. The minimum absolute atomic E-state index is 0.0929. The van der Waals surface area contributed by atoms with E-state index in [0.717, 1.165) is 0 Å². The Morgan fingerprint density at radius 1 is 1.07 bits per heavy atom. The van der Waals surface area contributed by atoms with Crippen LogP contribution >= 0.6 is 0 Å². The van der Waals surface area contributed by atoms with Crippen LogP contribution in [0.15, 0.2) is 12.7 Å². The van der Waals surface area contributed by atoms with Crippen LogP contribution in [-0.2, 0) is 28.7 Å². The number of carbonyl (C=O) groups is 5. The molecule has 0 aromatic carbocycles. The summed E-state index contributed by atoms with van der Waals surface area (Å²) < 4.78 is 10.7. The Labute approximate surface area is 250 Å². The highest BCUT2D eigenvalue weighted by molar-refractivity contribution is 6.38. The van der Waals surface area contributed by atoms with Crippen LogP contribution < -0.4 is 16.0 Å². The van der Waals surface area contributed by atoms with Gasteiger partial charge in [-0.15, -0.1) is 6.58 Å². The molecule has 2 rings (SSSR count). The smallest absolute Gasteiger partial charge is 0.408 e. The zero-order valence-corrected chi connectivity index (χ0v) is 26.9. The lowest BCUT2D eigenvalue weighted by Crippen LogP contribution is -2.60. The van der Waals surface area contributed by atoms with Crippen LogP contribution in [0.1, 0.15) is 81.6 Å². The number of nitrogens with zero attached hydrogens (tertiary/aromatic N) is 1. The number of fused-ring (bicyclic) bond motifs is 1. The summed E-state index contributed by atoms with van der Waals surface area (Å²) in [6, 6.07) is -2.88. The zero-order chi connectivity index (χ0) is 32.0. The van der Waals surface area contributed by atoms with Crippen molar-refractivity contribution in [2.45, 2.75) is 105 Å². The van der Waals surface area contributed by atoms with Gasteiger partial charge in [0.05, 0.1) is 6.04 Å². The number of ether oxygens (including phenoxy) is 2. The van der Waals surface area contributed by atoms with Gasteiger partial charge < -0.3 is 30.3 Å². The molecule has 0 aromatic rings. The third kappa shape index (κ3) is 9.02. The maximum Gasteiger partial charge on any atom is 0.408 e. The van der Waals surface area contributed by atoms with E-state index in [-0.39, 0.29) is 30.2 Å². The SMILES string of the molecule is C=CCCC(NC(=O)C1C2C(CN1C(=O)[C@@H](NC(=O)OC(C)(C)C)C(C)(C)C)C2(C)C)C(=O)C(=O)NCCCOCC. The minimum atomic E-state index is -1.07. The van der Waals surface area contributed by atoms with Crippen LogP contribution in [0.3, 0.4) is 0 Å². The lowest BCUT2D eigenvalue weighted by molar-refractivity contribution is -0.145. The summed E-state index contributed by atoms with van der Waals surface area (Å²) in [7, 11) is 0. The van der Waals surface area contributed by atoms with E-state index in [1.807, 2.05) is 27.7 Å². The first-order valence-corrected chi connectivity index (χ1v) is 15.0. The maximum absolute atomic E-state index is 14.0. The van der Waals surface area contributed by atoms with Crippen molar-refractivity contribution in [3.05, 3.63) is 12.7 Å². The number of likely N-dealkylation sites (tertiary alicyclic amines) is 1. The third-order valence-corrected chi connectivity index (χ3v) is 8.01.